The van der Waals surface area contributed by atoms with E-state index in [1.165, 1.54) is 109 Å². The van der Waals surface area contributed by atoms with Gasteiger partial charge in [0.25, 0.3) is 0 Å². The molecule has 538 valence electrons. The maximum Gasteiger partial charge on any atom is 0.220 e. The van der Waals surface area contributed by atoms with E-state index in [4.69, 9.17) is 28.4 Å². The van der Waals surface area contributed by atoms with Gasteiger partial charge >= 0.3 is 0 Å². The molecule has 0 aliphatic carbocycles. The van der Waals surface area contributed by atoms with Crippen molar-refractivity contribution in [2.24, 2.45) is 0 Å². The Bertz CT molecular complexity index is 2010. The molecule has 0 radical (unpaired) electrons. The highest BCUT2D eigenvalue weighted by Crippen LogP contribution is 2.33. The number of aliphatic hydroxyl groups excluding tert-OH is 11. The number of carbonyl (C=O) groups is 1. The van der Waals surface area contributed by atoms with Crippen LogP contribution in [-0.4, -0.2) is 193 Å². The van der Waals surface area contributed by atoms with Gasteiger partial charge in [-0.3, -0.25) is 4.79 Å². The van der Waals surface area contributed by atoms with Crippen LogP contribution in [0.25, 0.3) is 0 Å². The topological polar surface area (TPSA) is 307 Å². The van der Waals surface area contributed by atoms with Crippen molar-refractivity contribution in [2.75, 3.05) is 26.4 Å². The number of nitrogens with one attached hydrogen (secondary N) is 1. The van der Waals surface area contributed by atoms with Crippen LogP contribution in [-0.2, 0) is 33.2 Å². The fraction of sp³-hybridized carbons (Fsp3) is 0.797. The van der Waals surface area contributed by atoms with Crippen molar-refractivity contribution in [1.82, 2.24) is 5.32 Å². The van der Waals surface area contributed by atoms with E-state index in [0.29, 0.717) is 12.8 Å². The lowest BCUT2D eigenvalue weighted by atomic mass is 9.96. The standard InChI is InChI=1S/C74H129NO18/c1-3-5-7-9-11-13-15-17-19-21-22-23-24-25-26-27-28-29-30-31-32-33-34-36-38-40-42-44-46-48-50-52-62(80)75-57(58(79)51-49-47-45-43-41-39-37-35-20-18-16-14-12-10-8-6-4-2)56-88-72-68(86)65(83)70(60(54-77)90-72)93-74-69(87)66(84)71(61(55-78)91-74)92-73-67(85)64(82)63(81)59(53-76)89-73/h5,7,11,13,17,19,22-23,25-26,28-29,31-32,57-61,63-74,76-79,81-87H,3-4,6,8-10,12,14-16,18,20-21,24,27,30,33-56H2,1-2H3,(H,75,80)/b7-5-,13-11-,19-17-,23-22-,26-25-,29-28-,32-31-. The molecule has 0 spiro atoms. The second kappa shape index (κ2) is 54.9. The zero-order chi connectivity index (χ0) is 67.5. The van der Waals surface area contributed by atoms with Gasteiger partial charge in [-0.25, -0.2) is 0 Å². The summed E-state index contributed by atoms with van der Waals surface area (Å²) in [5.74, 6) is -0.251. The molecular formula is C74H129NO18. The summed E-state index contributed by atoms with van der Waals surface area (Å²) in [5.41, 5.74) is 0. The Kier molecular flexibility index (Phi) is 49.7. The molecule has 0 bridgehead atoms. The van der Waals surface area contributed by atoms with Gasteiger partial charge in [-0.1, -0.05) is 253 Å². The first-order valence-electron chi connectivity index (χ1n) is 36.3. The number of rotatable bonds is 55. The number of amides is 1. The van der Waals surface area contributed by atoms with E-state index in [1.807, 2.05) is 0 Å². The SMILES string of the molecule is CC/C=C\C/C=C\C/C=C\C/C=C\C/C=C\C/C=C\C/C=C\CCCCCCCCCCCC(=O)NC(COC1OC(CO)C(OC2OC(CO)C(OC3OC(CO)C(O)C(O)C3O)C(O)C2O)C(O)C1O)C(O)CCCCCCCCCCCCCCCCCCC. The van der Waals surface area contributed by atoms with Crippen molar-refractivity contribution in [3.63, 3.8) is 0 Å². The van der Waals surface area contributed by atoms with Gasteiger partial charge in [-0.05, 0) is 70.6 Å². The maximum atomic E-state index is 13.4. The summed E-state index contributed by atoms with van der Waals surface area (Å²) in [7, 11) is 0. The van der Waals surface area contributed by atoms with Crippen molar-refractivity contribution < 1.29 is 89.4 Å². The largest absolute Gasteiger partial charge is 0.394 e. The molecule has 17 atom stereocenters. The summed E-state index contributed by atoms with van der Waals surface area (Å²) in [4.78, 5) is 13.4. The van der Waals surface area contributed by atoms with Gasteiger partial charge in [0, 0.05) is 6.42 Å². The zero-order valence-electron chi connectivity index (χ0n) is 57.0. The first-order chi connectivity index (χ1) is 45.3. The van der Waals surface area contributed by atoms with Crippen LogP contribution in [0.2, 0.25) is 0 Å². The average molecular weight is 1320 g/mol. The lowest BCUT2D eigenvalue weighted by Gasteiger charge is -2.48. The van der Waals surface area contributed by atoms with Crippen LogP contribution in [0.3, 0.4) is 0 Å². The summed E-state index contributed by atoms with van der Waals surface area (Å²) < 4.78 is 34.4. The van der Waals surface area contributed by atoms with Crippen LogP contribution in [0.4, 0.5) is 0 Å². The molecule has 93 heavy (non-hydrogen) atoms. The van der Waals surface area contributed by atoms with E-state index in [1.54, 1.807) is 0 Å². The average Bonchev–Trinajstić information content (AvgIpc) is 0.900. The number of unbranched alkanes of at least 4 members (excludes halogenated alkanes) is 25. The van der Waals surface area contributed by atoms with Crippen LogP contribution in [0.15, 0.2) is 85.1 Å². The second-order valence-corrected chi connectivity index (χ2v) is 25.7. The van der Waals surface area contributed by atoms with Gasteiger partial charge in [0.1, 0.15) is 73.2 Å². The molecule has 19 heteroatoms. The van der Waals surface area contributed by atoms with Crippen molar-refractivity contribution in [3.8, 4) is 0 Å². The molecule has 19 nitrogen and oxygen atoms in total. The molecule has 3 rings (SSSR count). The number of carbonyl (C=O) groups excluding carboxylic acids is 1. The highest BCUT2D eigenvalue weighted by molar-refractivity contribution is 5.76. The Morgan fingerprint density at radius 2 is 0.742 bits per heavy atom. The van der Waals surface area contributed by atoms with E-state index in [2.05, 4.69) is 104 Å². The first-order valence-corrected chi connectivity index (χ1v) is 36.3. The van der Waals surface area contributed by atoms with Gasteiger partial charge in [0.2, 0.25) is 5.91 Å². The normalized spacial score (nSPS) is 28.0. The Labute approximate surface area is 559 Å². The summed E-state index contributed by atoms with van der Waals surface area (Å²) in [6.45, 7) is 1.68. The number of aliphatic hydroxyl groups is 11. The van der Waals surface area contributed by atoms with Crippen LogP contribution >= 0.6 is 0 Å². The number of hydrogen-bond acceptors (Lipinski definition) is 18. The van der Waals surface area contributed by atoms with Gasteiger partial charge in [-0.15, -0.1) is 0 Å². The third kappa shape index (κ3) is 36.4. The van der Waals surface area contributed by atoms with E-state index in [-0.39, 0.29) is 18.9 Å². The summed E-state index contributed by atoms with van der Waals surface area (Å²) in [6, 6.07) is -0.896. The maximum absolute atomic E-state index is 13.4. The second-order valence-electron chi connectivity index (χ2n) is 25.7. The molecule has 0 saturated carbocycles. The van der Waals surface area contributed by atoms with Crippen molar-refractivity contribution in [1.29, 1.82) is 0 Å². The van der Waals surface area contributed by atoms with Crippen molar-refractivity contribution in [3.05, 3.63) is 85.1 Å². The Morgan fingerprint density at radius 3 is 1.16 bits per heavy atom. The third-order valence-electron chi connectivity index (χ3n) is 17.7. The van der Waals surface area contributed by atoms with E-state index in [0.717, 1.165) is 103 Å². The predicted octanol–water partition coefficient (Wildman–Crippen LogP) is 10.3. The number of hydrogen-bond donors (Lipinski definition) is 12. The zero-order valence-corrected chi connectivity index (χ0v) is 57.0. The third-order valence-corrected chi connectivity index (χ3v) is 17.7. The molecule has 3 aliphatic rings. The van der Waals surface area contributed by atoms with E-state index in [9.17, 15) is 61.0 Å². The van der Waals surface area contributed by atoms with Gasteiger partial charge in [0.15, 0.2) is 18.9 Å². The van der Waals surface area contributed by atoms with Crippen LogP contribution in [0, 0.1) is 0 Å². The highest BCUT2D eigenvalue weighted by atomic mass is 16.8. The molecule has 3 aliphatic heterocycles. The summed E-state index contributed by atoms with van der Waals surface area (Å²) in [5, 5.41) is 121. The fourth-order valence-electron chi connectivity index (χ4n) is 11.9. The first kappa shape index (κ1) is 84.2. The molecular weight excluding hydrogens is 1190 g/mol. The Hall–Kier alpha value is -3.03. The molecule has 3 fully saturated rings. The molecule has 0 aromatic carbocycles. The molecule has 3 saturated heterocycles. The molecule has 0 aromatic heterocycles. The van der Waals surface area contributed by atoms with Gasteiger partial charge < -0.3 is 89.9 Å². The summed E-state index contributed by atoms with van der Waals surface area (Å²) >= 11 is 0. The lowest BCUT2D eigenvalue weighted by molar-refractivity contribution is -0.379. The number of ether oxygens (including phenoxy) is 6. The molecule has 1 amide bonds. The van der Waals surface area contributed by atoms with E-state index < -0.39 is 124 Å². The lowest BCUT2D eigenvalue weighted by Crippen LogP contribution is -2.66. The van der Waals surface area contributed by atoms with Gasteiger partial charge in [-0.2, -0.15) is 0 Å². The van der Waals surface area contributed by atoms with Crippen LogP contribution in [0.5, 0.6) is 0 Å². The minimum atomic E-state index is -1.98. The number of allylic oxidation sites excluding steroid dienone is 14. The molecule has 3 heterocycles. The minimum Gasteiger partial charge on any atom is -0.394 e. The molecule has 0 aromatic rings. The van der Waals surface area contributed by atoms with Crippen molar-refractivity contribution >= 4 is 5.91 Å². The molecule has 17 unspecified atom stereocenters. The summed E-state index contributed by atoms with van der Waals surface area (Å²) in [6.07, 6.45) is 43.6. The smallest absolute Gasteiger partial charge is 0.220 e. The Morgan fingerprint density at radius 1 is 0.398 bits per heavy atom. The van der Waals surface area contributed by atoms with Crippen LogP contribution < -0.4 is 5.32 Å². The Balaban J connectivity index is 1.40. The molecule has 12 N–H and O–H groups in total. The van der Waals surface area contributed by atoms with Crippen LogP contribution in [0.1, 0.15) is 245 Å². The highest BCUT2D eigenvalue weighted by Gasteiger charge is 2.53. The monoisotopic (exact) mass is 1320 g/mol. The fourth-order valence-corrected chi connectivity index (χ4v) is 11.9. The predicted molar refractivity (Wildman–Crippen MR) is 364 cm³/mol. The van der Waals surface area contributed by atoms with Gasteiger partial charge in [0.05, 0.1) is 38.6 Å². The van der Waals surface area contributed by atoms with E-state index >= 15 is 0 Å². The minimum absolute atomic E-state index is 0.251. The van der Waals surface area contributed by atoms with Crippen molar-refractivity contribution in [2.45, 2.75) is 349 Å². The quantitative estimate of drug-likeness (QED) is 0.0199.